The molecule has 0 aromatic heterocycles. The van der Waals surface area contributed by atoms with Crippen LogP contribution in [-0.4, -0.2) is 37.2 Å². The van der Waals surface area contributed by atoms with Crippen LogP contribution in [0.4, 0.5) is 0 Å². The quantitative estimate of drug-likeness (QED) is 0.0264. The molecule has 0 radical (unpaired) electrons. The third-order valence-corrected chi connectivity index (χ3v) is 11.3. The first kappa shape index (κ1) is 55.2. The van der Waals surface area contributed by atoms with E-state index >= 15 is 0 Å². The number of carbonyl (C=O) groups excluding carboxylic acids is 3. The van der Waals surface area contributed by atoms with Crippen molar-refractivity contribution >= 4 is 17.9 Å². The third kappa shape index (κ3) is 45.1. The van der Waals surface area contributed by atoms with Crippen LogP contribution in [0.25, 0.3) is 0 Å². The van der Waals surface area contributed by atoms with E-state index < -0.39 is 6.10 Å². The lowest BCUT2D eigenvalue weighted by molar-refractivity contribution is -0.167. The molecule has 1 unspecified atom stereocenters. The second-order valence-corrected chi connectivity index (χ2v) is 17.1. The van der Waals surface area contributed by atoms with E-state index in [-0.39, 0.29) is 31.1 Å². The van der Waals surface area contributed by atoms with Gasteiger partial charge in [-0.25, -0.2) is 0 Å². The van der Waals surface area contributed by atoms with Crippen LogP contribution in [0.2, 0.25) is 0 Å². The number of hydrogen-bond acceptors (Lipinski definition) is 6. The molecule has 0 aliphatic carbocycles. The van der Waals surface area contributed by atoms with Gasteiger partial charge < -0.3 is 14.2 Å². The van der Waals surface area contributed by atoms with Crippen molar-refractivity contribution in [1.29, 1.82) is 0 Å². The maximum atomic E-state index is 12.7. The first-order valence-electron chi connectivity index (χ1n) is 25.2. The molecule has 0 aliphatic rings. The Balaban J connectivity index is 4.13. The van der Waals surface area contributed by atoms with E-state index in [4.69, 9.17) is 14.2 Å². The fraction of sp³-hybridized carbons (Fsp3) is 0.902. The van der Waals surface area contributed by atoms with Gasteiger partial charge in [0.1, 0.15) is 13.2 Å². The van der Waals surface area contributed by atoms with Crippen molar-refractivity contribution < 1.29 is 28.6 Å². The molecular formula is C51H96O6. The minimum absolute atomic E-state index is 0.0686. The summed E-state index contributed by atoms with van der Waals surface area (Å²) in [5, 5.41) is 0. The molecule has 336 valence electrons. The summed E-state index contributed by atoms with van der Waals surface area (Å²) >= 11 is 0. The lowest BCUT2D eigenvalue weighted by Crippen LogP contribution is -2.30. The molecule has 0 spiro atoms. The lowest BCUT2D eigenvalue weighted by Gasteiger charge is -2.18. The van der Waals surface area contributed by atoms with Crippen LogP contribution in [0.15, 0.2) is 12.2 Å². The van der Waals surface area contributed by atoms with E-state index in [1.54, 1.807) is 0 Å². The van der Waals surface area contributed by atoms with Gasteiger partial charge in [0.2, 0.25) is 0 Å². The fourth-order valence-electron chi connectivity index (χ4n) is 7.44. The highest BCUT2D eigenvalue weighted by atomic mass is 16.6. The number of rotatable bonds is 46. The highest BCUT2D eigenvalue weighted by Gasteiger charge is 2.19. The Morgan fingerprint density at radius 3 is 0.877 bits per heavy atom. The second-order valence-electron chi connectivity index (χ2n) is 17.1. The van der Waals surface area contributed by atoms with E-state index in [1.165, 1.54) is 173 Å². The van der Waals surface area contributed by atoms with Crippen molar-refractivity contribution in [3.63, 3.8) is 0 Å². The van der Waals surface area contributed by atoms with Gasteiger partial charge in [0.15, 0.2) is 6.10 Å². The van der Waals surface area contributed by atoms with Crippen LogP contribution in [0.5, 0.6) is 0 Å². The SMILES string of the molecule is CCCCCCCCC/C=C\CCCCCCCCCC(=O)OCC(COC(=O)CCCCCCC)OC(=O)CCCCCCCCCCCCCCCCCC. The van der Waals surface area contributed by atoms with Crippen molar-refractivity contribution in [3.05, 3.63) is 12.2 Å². The Morgan fingerprint density at radius 1 is 0.333 bits per heavy atom. The fourth-order valence-corrected chi connectivity index (χ4v) is 7.44. The molecule has 57 heavy (non-hydrogen) atoms. The van der Waals surface area contributed by atoms with Gasteiger partial charge in [-0.1, -0.05) is 226 Å². The number of hydrogen-bond donors (Lipinski definition) is 0. The van der Waals surface area contributed by atoms with Crippen molar-refractivity contribution in [1.82, 2.24) is 0 Å². The van der Waals surface area contributed by atoms with E-state index in [0.717, 1.165) is 64.2 Å². The summed E-state index contributed by atoms with van der Waals surface area (Å²) in [7, 11) is 0. The third-order valence-electron chi connectivity index (χ3n) is 11.3. The zero-order valence-corrected chi connectivity index (χ0v) is 38.4. The smallest absolute Gasteiger partial charge is 0.306 e. The molecule has 0 heterocycles. The first-order chi connectivity index (χ1) is 28.0. The van der Waals surface area contributed by atoms with Crippen molar-refractivity contribution in [2.45, 2.75) is 284 Å². The highest BCUT2D eigenvalue weighted by molar-refractivity contribution is 5.71. The number of esters is 3. The minimum atomic E-state index is -0.762. The van der Waals surface area contributed by atoms with Gasteiger partial charge in [0.05, 0.1) is 0 Å². The number of ether oxygens (including phenoxy) is 3. The van der Waals surface area contributed by atoms with Crippen LogP contribution in [0.1, 0.15) is 278 Å². The van der Waals surface area contributed by atoms with Gasteiger partial charge in [-0.05, 0) is 44.9 Å². The summed E-state index contributed by atoms with van der Waals surface area (Å²) in [6.07, 6.45) is 50.9. The average Bonchev–Trinajstić information content (AvgIpc) is 3.21. The molecule has 0 N–H and O–H groups in total. The maximum absolute atomic E-state index is 12.7. The normalized spacial score (nSPS) is 12.0. The predicted octanol–water partition coefficient (Wildman–Crippen LogP) is 16.2. The summed E-state index contributed by atoms with van der Waals surface area (Å²) in [6, 6.07) is 0. The molecule has 1 atom stereocenters. The van der Waals surface area contributed by atoms with Gasteiger partial charge in [0, 0.05) is 19.3 Å². The summed E-state index contributed by atoms with van der Waals surface area (Å²) in [5.74, 6) is -0.872. The van der Waals surface area contributed by atoms with Crippen LogP contribution in [0.3, 0.4) is 0 Å². The maximum Gasteiger partial charge on any atom is 0.306 e. The van der Waals surface area contributed by atoms with Gasteiger partial charge in [-0.15, -0.1) is 0 Å². The minimum Gasteiger partial charge on any atom is -0.462 e. The molecule has 0 saturated carbocycles. The molecule has 0 amide bonds. The Kier molecular flexibility index (Phi) is 45.3. The molecule has 0 fully saturated rings. The topological polar surface area (TPSA) is 78.9 Å². The van der Waals surface area contributed by atoms with Crippen LogP contribution in [0, 0.1) is 0 Å². The van der Waals surface area contributed by atoms with Crippen molar-refractivity contribution in [3.8, 4) is 0 Å². The van der Waals surface area contributed by atoms with Gasteiger partial charge in [-0.2, -0.15) is 0 Å². The van der Waals surface area contributed by atoms with Gasteiger partial charge in [0.25, 0.3) is 0 Å². The molecule has 6 nitrogen and oxygen atoms in total. The summed E-state index contributed by atoms with van der Waals surface area (Å²) in [5.41, 5.74) is 0. The summed E-state index contributed by atoms with van der Waals surface area (Å²) in [4.78, 5) is 37.6. The number of allylic oxidation sites excluding steroid dienone is 2. The first-order valence-corrected chi connectivity index (χ1v) is 25.2. The monoisotopic (exact) mass is 805 g/mol. The Labute approximate surface area is 354 Å². The molecule has 0 rings (SSSR count). The largest absolute Gasteiger partial charge is 0.462 e. The molecule has 0 aromatic carbocycles. The Morgan fingerprint density at radius 2 is 0.579 bits per heavy atom. The standard InChI is InChI=1S/C51H96O6/c1-4-7-10-13-15-17-19-21-23-25-26-28-29-31-33-35-38-41-44-50(53)56-47-48(46-55-49(52)43-40-37-12-9-6-3)57-51(54)45-42-39-36-34-32-30-27-24-22-20-18-16-14-11-8-5-2/h23,25,48H,4-22,24,26-47H2,1-3H3/b25-23-. The van der Waals surface area contributed by atoms with Crippen molar-refractivity contribution in [2.75, 3.05) is 13.2 Å². The van der Waals surface area contributed by atoms with E-state index in [0.29, 0.717) is 19.3 Å². The van der Waals surface area contributed by atoms with E-state index in [9.17, 15) is 14.4 Å². The highest BCUT2D eigenvalue weighted by Crippen LogP contribution is 2.16. The summed E-state index contributed by atoms with van der Waals surface area (Å²) < 4.78 is 16.7. The molecule has 0 bridgehead atoms. The summed E-state index contributed by atoms with van der Waals surface area (Å²) in [6.45, 7) is 6.58. The van der Waals surface area contributed by atoms with Crippen LogP contribution < -0.4 is 0 Å². The van der Waals surface area contributed by atoms with Crippen LogP contribution >= 0.6 is 0 Å². The van der Waals surface area contributed by atoms with E-state index in [1.807, 2.05) is 0 Å². The second kappa shape index (κ2) is 46.8. The zero-order valence-electron chi connectivity index (χ0n) is 38.4. The Hall–Kier alpha value is -1.85. The molecular weight excluding hydrogens is 709 g/mol. The molecule has 6 heteroatoms. The predicted molar refractivity (Wildman–Crippen MR) is 243 cm³/mol. The van der Waals surface area contributed by atoms with Gasteiger partial charge >= 0.3 is 17.9 Å². The average molecular weight is 805 g/mol. The van der Waals surface area contributed by atoms with Crippen LogP contribution in [-0.2, 0) is 28.6 Å². The van der Waals surface area contributed by atoms with Crippen molar-refractivity contribution in [2.24, 2.45) is 0 Å². The van der Waals surface area contributed by atoms with E-state index in [2.05, 4.69) is 32.9 Å². The van der Waals surface area contributed by atoms with Gasteiger partial charge in [-0.3, -0.25) is 14.4 Å². The molecule has 0 aliphatic heterocycles. The number of unbranched alkanes of at least 4 members (excludes halogenated alkanes) is 33. The number of carbonyl (C=O) groups is 3. The molecule has 0 saturated heterocycles. The Bertz CT molecular complexity index is 885. The molecule has 0 aromatic rings. The lowest BCUT2D eigenvalue weighted by atomic mass is 10.0. The zero-order chi connectivity index (χ0) is 41.5.